The molecule has 1 aromatic carbocycles. The molecule has 25 heavy (non-hydrogen) atoms. The number of carbonyl (C=O) groups is 2. The van der Waals surface area contributed by atoms with Crippen LogP contribution in [0, 0.1) is 12.8 Å². The number of urea groups is 1. The van der Waals surface area contributed by atoms with Gasteiger partial charge in [0.2, 0.25) is 5.91 Å². The van der Waals surface area contributed by atoms with Crippen LogP contribution in [0.2, 0.25) is 0 Å². The fourth-order valence-corrected chi connectivity index (χ4v) is 3.66. The summed E-state index contributed by atoms with van der Waals surface area (Å²) in [7, 11) is 0. The highest BCUT2D eigenvalue weighted by atomic mass is 16.2. The van der Waals surface area contributed by atoms with Gasteiger partial charge in [0.1, 0.15) is 6.04 Å². The fraction of sp³-hybridized carbons (Fsp3) is 0.600. The van der Waals surface area contributed by atoms with Crippen LogP contribution in [0.15, 0.2) is 24.3 Å². The Labute approximate surface area is 150 Å². The number of aryl methyl sites for hydroxylation is 1. The van der Waals surface area contributed by atoms with E-state index in [4.69, 9.17) is 0 Å². The molecule has 1 N–H and O–H groups in total. The van der Waals surface area contributed by atoms with Crippen molar-refractivity contribution in [1.29, 1.82) is 0 Å². The standard InChI is InChI=1S/C20H29N3O2/c1-14(2)20(8-9-20)21-19(25)23-11-10-22(18(24)16(23)4)13-17-7-5-6-15(3)12-17/h5-7,12,14,16H,8-11,13H2,1-4H3,(H,21,25)/t16-/m1/s1. The first-order valence-corrected chi connectivity index (χ1v) is 9.25. The van der Waals surface area contributed by atoms with E-state index in [-0.39, 0.29) is 17.5 Å². The van der Waals surface area contributed by atoms with Crippen LogP contribution >= 0.6 is 0 Å². The first-order valence-electron chi connectivity index (χ1n) is 9.25. The molecule has 3 rings (SSSR count). The maximum atomic E-state index is 12.7. The third-order valence-electron chi connectivity index (χ3n) is 5.71. The van der Waals surface area contributed by atoms with Gasteiger partial charge in [0.25, 0.3) is 0 Å². The maximum Gasteiger partial charge on any atom is 0.318 e. The van der Waals surface area contributed by atoms with E-state index in [0.29, 0.717) is 25.6 Å². The molecule has 136 valence electrons. The summed E-state index contributed by atoms with van der Waals surface area (Å²) >= 11 is 0. The van der Waals surface area contributed by atoms with Gasteiger partial charge in [-0.2, -0.15) is 0 Å². The van der Waals surface area contributed by atoms with Gasteiger partial charge in [-0.15, -0.1) is 0 Å². The van der Waals surface area contributed by atoms with Gasteiger partial charge in [-0.05, 0) is 38.2 Å². The smallest absolute Gasteiger partial charge is 0.318 e. The second-order valence-corrected chi connectivity index (χ2v) is 7.86. The summed E-state index contributed by atoms with van der Waals surface area (Å²) in [4.78, 5) is 29.0. The molecule has 1 saturated heterocycles. The maximum absolute atomic E-state index is 12.7. The van der Waals surface area contributed by atoms with Crippen LogP contribution < -0.4 is 5.32 Å². The summed E-state index contributed by atoms with van der Waals surface area (Å²) in [6, 6.07) is 7.71. The number of rotatable bonds is 4. The number of hydrogen-bond acceptors (Lipinski definition) is 2. The van der Waals surface area contributed by atoms with Gasteiger partial charge in [-0.1, -0.05) is 43.7 Å². The van der Waals surface area contributed by atoms with Crippen LogP contribution in [-0.4, -0.2) is 46.4 Å². The minimum Gasteiger partial charge on any atom is -0.335 e. The fourth-order valence-electron chi connectivity index (χ4n) is 3.66. The molecule has 0 bridgehead atoms. The van der Waals surface area contributed by atoms with Crippen LogP contribution in [0.3, 0.4) is 0 Å². The number of nitrogens with zero attached hydrogens (tertiary/aromatic N) is 2. The number of nitrogens with one attached hydrogen (secondary N) is 1. The number of piperazine rings is 1. The quantitative estimate of drug-likeness (QED) is 0.914. The van der Waals surface area contributed by atoms with E-state index in [9.17, 15) is 9.59 Å². The van der Waals surface area contributed by atoms with E-state index in [2.05, 4.69) is 38.2 Å². The van der Waals surface area contributed by atoms with Gasteiger partial charge in [0, 0.05) is 25.2 Å². The molecule has 1 heterocycles. The second-order valence-electron chi connectivity index (χ2n) is 7.86. The minimum absolute atomic E-state index is 0.0253. The van der Waals surface area contributed by atoms with Crippen molar-refractivity contribution in [1.82, 2.24) is 15.1 Å². The molecule has 1 atom stereocenters. The lowest BCUT2D eigenvalue weighted by Gasteiger charge is -2.40. The van der Waals surface area contributed by atoms with Gasteiger partial charge in [0.05, 0.1) is 0 Å². The zero-order valence-electron chi connectivity index (χ0n) is 15.7. The summed E-state index contributed by atoms with van der Waals surface area (Å²) in [5, 5.41) is 3.18. The molecule has 0 unspecified atom stereocenters. The van der Waals surface area contributed by atoms with E-state index >= 15 is 0 Å². The molecule has 1 saturated carbocycles. The molecule has 0 spiro atoms. The van der Waals surface area contributed by atoms with Crippen molar-refractivity contribution >= 4 is 11.9 Å². The molecular formula is C20H29N3O2. The molecular weight excluding hydrogens is 314 g/mol. The lowest BCUT2D eigenvalue weighted by molar-refractivity contribution is -0.140. The Morgan fingerprint density at radius 3 is 2.64 bits per heavy atom. The average molecular weight is 343 g/mol. The van der Waals surface area contributed by atoms with Crippen molar-refractivity contribution in [2.75, 3.05) is 13.1 Å². The largest absolute Gasteiger partial charge is 0.335 e. The SMILES string of the molecule is Cc1cccc(CN2CCN(C(=O)NC3(C(C)C)CC3)[C@H](C)C2=O)c1. The van der Waals surface area contributed by atoms with Crippen molar-refractivity contribution in [2.45, 2.75) is 58.7 Å². The monoisotopic (exact) mass is 343 g/mol. The van der Waals surface area contributed by atoms with Gasteiger partial charge in [-0.25, -0.2) is 4.79 Å². The summed E-state index contributed by atoms with van der Waals surface area (Å²) in [6.45, 7) is 9.94. The Bertz CT molecular complexity index is 667. The van der Waals surface area contributed by atoms with Crippen molar-refractivity contribution in [2.24, 2.45) is 5.92 Å². The molecule has 1 aliphatic carbocycles. The average Bonchev–Trinajstić information content (AvgIpc) is 3.33. The Kier molecular flexibility index (Phi) is 4.76. The van der Waals surface area contributed by atoms with E-state index in [0.717, 1.165) is 18.4 Å². The molecule has 3 amide bonds. The van der Waals surface area contributed by atoms with Crippen molar-refractivity contribution < 1.29 is 9.59 Å². The predicted octanol–water partition coefficient (Wildman–Crippen LogP) is 2.93. The lowest BCUT2D eigenvalue weighted by Crippen LogP contribution is -2.60. The molecule has 5 heteroatoms. The number of amides is 3. The normalized spacial score (nSPS) is 22.3. The molecule has 1 aliphatic heterocycles. The molecule has 5 nitrogen and oxygen atoms in total. The van der Waals surface area contributed by atoms with Gasteiger partial charge in [0.15, 0.2) is 0 Å². The van der Waals surface area contributed by atoms with Crippen LogP contribution in [0.5, 0.6) is 0 Å². The Balaban J connectivity index is 1.62. The molecule has 0 radical (unpaired) electrons. The number of carbonyl (C=O) groups excluding carboxylic acids is 2. The van der Waals surface area contributed by atoms with Crippen molar-refractivity contribution in [3.63, 3.8) is 0 Å². The Hall–Kier alpha value is -2.04. The third-order valence-corrected chi connectivity index (χ3v) is 5.71. The zero-order chi connectivity index (χ0) is 18.2. The molecule has 2 fully saturated rings. The Morgan fingerprint density at radius 2 is 2.04 bits per heavy atom. The predicted molar refractivity (Wildman–Crippen MR) is 98.1 cm³/mol. The summed E-state index contributed by atoms with van der Waals surface area (Å²) < 4.78 is 0. The summed E-state index contributed by atoms with van der Waals surface area (Å²) in [5.74, 6) is 0.447. The van der Waals surface area contributed by atoms with Crippen LogP contribution in [0.1, 0.15) is 44.7 Å². The highest BCUT2D eigenvalue weighted by molar-refractivity contribution is 5.88. The van der Waals surface area contributed by atoms with Gasteiger partial charge < -0.3 is 15.1 Å². The van der Waals surface area contributed by atoms with Crippen LogP contribution in [0.25, 0.3) is 0 Å². The summed E-state index contributed by atoms with van der Waals surface area (Å²) in [5.41, 5.74) is 2.27. The molecule has 0 aromatic heterocycles. The lowest BCUT2D eigenvalue weighted by atomic mass is 10.0. The number of benzene rings is 1. The van der Waals surface area contributed by atoms with Gasteiger partial charge >= 0.3 is 6.03 Å². The van der Waals surface area contributed by atoms with E-state index in [1.807, 2.05) is 24.0 Å². The van der Waals surface area contributed by atoms with E-state index in [1.165, 1.54) is 5.56 Å². The van der Waals surface area contributed by atoms with E-state index in [1.54, 1.807) is 4.90 Å². The zero-order valence-corrected chi connectivity index (χ0v) is 15.7. The first kappa shape index (κ1) is 17.8. The number of hydrogen-bond donors (Lipinski definition) is 1. The highest BCUT2D eigenvalue weighted by Crippen LogP contribution is 2.42. The topological polar surface area (TPSA) is 52.6 Å². The highest BCUT2D eigenvalue weighted by Gasteiger charge is 2.48. The second kappa shape index (κ2) is 6.70. The minimum atomic E-state index is -0.415. The summed E-state index contributed by atoms with van der Waals surface area (Å²) in [6.07, 6.45) is 2.07. The van der Waals surface area contributed by atoms with Crippen molar-refractivity contribution in [3.05, 3.63) is 35.4 Å². The third kappa shape index (κ3) is 3.65. The van der Waals surface area contributed by atoms with Gasteiger partial charge in [-0.3, -0.25) is 4.79 Å². The molecule has 2 aliphatic rings. The first-order chi connectivity index (χ1) is 11.8. The van der Waals surface area contributed by atoms with Crippen molar-refractivity contribution in [3.8, 4) is 0 Å². The van der Waals surface area contributed by atoms with E-state index < -0.39 is 6.04 Å². The molecule has 1 aromatic rings. The van der Waals surface area contributed by atoms with Crippen LogP contribution in [-0.2, 0) is 11.3 Å². The Morgan fingerprint density at radius 1 is 1.32 bits per heavy atom. The van der Waals surface area contributed by atoms with Crippen LogP contribution in [0.4, 0.5) is 4.79 Å².